The maximum Gasteiger partial charge on any atom is 0.235 e. The second kappa shape index (κ2) is 3.86. The first kappa shape index (κ1) is 10.8. The number of anilines is 1. The molecule has 2 nitrogen and oxygen atoms in total. The minimum Gasteiger partial charge on any atom is -0.311 e. The molecule has 1 saturated carbocycles. The number of nitrogens with zero attached hydrogens (tertiary/aromatic N) is 1. The maximum absolute atomic E-state index is 12.3. The van der Waals surface area contributed by atoms with Crippen LogP contribution in [0.3, 0.4) is 0 Å². The van der Waals surface area contributed by atoms with Gasteiger partial charge in [-0.1, -0.05) is 37.0 Å². The maximum atomic E-state index is 12.3. The molecule has 0 atom stereocenters. The Kier molecular flexibility index (Phi) is 2.46. The zero-order chi connectivity index (χ0) is 11.9. The molecule has 1 aliphatic carbocycles. The van der Waals surface area contributed by atoms with Gasteiger partial charge in [0.15, 0.2) is 0 Å². The summed E-state index contributed by atoms with van der Waals surface area (Å²) < 4.78 is 0. The number of aryl methyl sites for hydroxylation is 1. The van der Waals surface area contributed by atoms with Gasteiger partial charge in [0.25, 0.3) is 0 Å². The standard InChI is InChI=1S/C15H19NO/c1-12-5-7-13(8-6-12)16-11-15(14(16)17)9-3-2-4-10-15/h5-8H,2-4,9-11H2,1H3. The van der Waals surface area contributed by atoms with Gasteiger partial charge in [0, 0.05) is 12.2 Å². The zero-order valence-electron chi connectivity index (χ0n) is 10.4. The normalized spacial score (nSPS) is 22.6. The number of hydrogen-bond acceptors (Lipinski definition) is 1. The van der Waals surface area contributed by atoms with E-state index in [-0.39, 0.29) is 5.41 Å². The number of hydrogen-bond donors (Lipinski definition) is 0. The van der Waals surface area contributed by atoms with Crippen LogP contribution < -0.4 is 4.90 Å². The molecule has 0 unspecified atom stereocenters. The molecule has 2 aliphatic rings. The highest BCUT2D eigenvalue weighted by atomic mass is 16.2. The van der Waals surface area contributed by atoms with Crippen LogP contribution in [0.2, 0.25) is 0 Å². The van der Waals surface area contributed by atoms with Crippen molar-refractivity contribution in [2.24, 2.45) is 5.41 Å². The van der Waals surface area contributed by atoms with E-state index < -0.39 is 0 Å². The molecule has 0 bridgehead atoms. The van der Waals surface area contributed by atoms with E-state index in [1.807, 2.05) is 4.90 Å². The number of carbonyl (C=O) groups is 1. The smallest absolute Gasteiger partial charge is 0.235 e. The summed E-state index contributed by atoms with van der Waals surface area (Å²) in [6, 6.07) is 8.27. The van der Waals surface area contributed by atoms with Crippen LogP contribution in [0, 0.1) is 12.3 Å². The van der Waals surface area contributed by atoms with Crippen LogP contribution in [0.5, 0.6) is 0 Å². The first-order valence-electron chi connectivity index (χ1n) is 6.60. The Morgan fingerprint density at radius 3 is 2.29 bits per heavy atom. The van der Waals surface area contributed by atoms with Crippen LogP contribution in [0.4, 0.5) is 5.69 Å². The third-order valence-corrected chi connectivity index (χ3v) is 4.32. The molecule has 0 N–H and O–H groups in total. The Bertz CT molecular complexity index is 429. The van der Waals surface area contributed by atoms with Crippen molar-refractivity contribution in [3.05, 3.63) is 29.8 Å². The van der Waals surface area contributed by atoms with Crippen LogP contribution in [0.25, 0.3) is 0 Å². The number of amides is 1. The highest BCUT2D eigenvalue weighted by molar-refractivity contribution is 6.04. The van der Waals surface area contributed by atoms with Gasteiger partial charge >= 0.3 is 0 Å². The second-order valence-corrected chi connectivity index (χ2v) is 5.57. The van der Waals surface area contributed by atoms with Crippen molar-refractivity contribution < 1.29 is 4.79 Å². The van der Waals surface area contributed by atoms with E-state index >= 15 is 0 Å². The van der Waals surface area contributed by atoms with E-state index in [4.69, 9.17) is 0 Å². The Balaban J connectivity index is 1.76. The lowest BCUT2D eigenvalue weighted by molar-refractivity contribution is -0.137. The van der Waals surface area contributed by atoms with E-state index in [9.17, 15) is 4.79 Å². The van der Waals surface area contributed by atoms with Crippen molar-refractivity contribution in [3.63, 3.8) is 0 Å². The van der Waals surface area contributed by atoms with Crippen molar-refractivity contribution in [2.75, 3.05) is 11.4 Å². The molecule has 1 aromatic carbocycles. The van der Waals surface area contributed by atoms with Crippen LogP contribution in [0.15, 0.2) is 24.3 Å². The SMILES string of the molecule is Cc1ccc(N2CC3(CCCCC3)C2=O)cc1. The van der Waals surface area contributed by atoms with Gasteiger partial charge in [0.2, 0.25) is 5.91 Å². The van der Waals surface area contributed by atoms with Gasteiger partial charge in [-0.05, 0) is 31.9 Å². The molecule has 3 rings (SSSR count). The summed E-state index contributed by atoms with van der Waals surface area (Å²) in [5.74, 6) is 0.362. The highest BCUT2D eigenvalue weighted by Crippen LogP contribution is 2.46. The van der Waals surface area contributed by atoms with Gasteiger partial charge in [-0.2, -0.15) is 0 Å². The average Bonchev–Trinajstić information content (AvgIpc) is 2.38. The van der Waals surface area contributed by atoms with Gasteiger partial charge in [0.1, 0.15) is 0 Å². The minimum atomic E-state index is 0.0170. The lowest BCUT2D eigenvalue weighted by atomic mass is 9.67. The topological polar surface area (TPSA) is 20.3 Å². The quantitative estimate of drug-likeness (QED) is 0.677. The Morgan fingerprint density at radius 2 is 1.71 bits per heavy atom. The molecule has 0 radical (unpaired) electrons. The van der Waals surface area contributed by atoms with Crippen molar-refractivity contribution in [1.29, 1.82) is 0 Å². The summed E-state index contributed by atoms with van der Waals surface area (Å²) in [7, 11) is 0. The number of benzene rings is 1. The van der Waals surface area contributed by atoms with Crippen molar-refractivity contribution in [3.8, 4) is 0 Å². The minimum absolute atomic E-state index is 0.0170. The summed E-state index contributed by atoms with van der Waals surface area (Å²) in [5, 5.41) is 0. The summed E-state index contributed by atoms with van der Waals surface area (Å²) >= 11 is 0. The summed E-state index contributed by atoms with van der Waals surface area (Å²) in [5.41, 5.74) is 2.33. The van der Waals surface area contributed by atoms with Crippen molar-refractivity contribution >= 4 is 11.6 Å². The van der Waals surface area contributed by atoms with E-state index in [0.717, 1.165) is 25.1 Å². The molecule has 1 heterocycles. The molecule has 0 aromatic heterocycles. The lowest BCUT2D eigenvalue weighted by Crippen LogP contribution is -2.62. The van der Waals surface area contributed by atoms with Gasteiger partial charge in [-0.15, -0.1) is 0 Å². The predicted molar refractivity (Wildman–Crippen MR) is 69.1 cm³/mol. The van der Waals surface area contributed by atoms with Crippen LogP contribution in [-0.2, 0) is 4.79 Å². The van der Waals surface area contributed by atoms with E-state index in [2.05, 4.69) is 31.2 Å². The van der Waals surface area contributed by atoms with Gasteiger partial charge in [-0.3, -0.25) is 4.79 Å². The largest absolute Gasteiger partial charge is 0.311 e. The fourth-order valence-electron chi connectivity index (χ4n) is 3.17. The van der Waals surface area contributed by atoms with Crippen molar-refractivity contribution in [1.82, 2.24) is 0 Å². The molecule has 1 aliphatic heterocycles. The molecule has 2 fully saturated rings. The third-order valence-electron chi connectivity index (χ3n) is 4.32. The van der Waals surface area contributed by atoms with Gasteiger partial charge < -0.3 is 4.90 Å². The van der Waals surface area contributed by atoms with E-state index in [1.54, 1.807) is 0 Å². The molecule has 17 heavy (non-hydrogen) atoms. The first-order valence-corrected chi connectivity index (χ1v) is 6.60. The third kappa shape index (κ3) is 1.67. The lowest BCUT2D eigenvalue weighted by Gasteiger charge is -2.50. The second-order valence-electron chi connectivity index (χ2n) is 5.57. The van der Waals surface area contributed by atoms with Gasteiger partial charge in [0.05, 0.1) is 5.41 Å². The molecular formula is C15H19NO. The molecule has 1 saturated heterocycles. The monoisotopic (exact) mass is 229 g/mol. The fraction of sp³-hybridized carbons (Fsp3) is 0.533. The van der Waals surface area contributed by atoms with Crippen LogP contribution in [0.1, 0.15) is 37.7 Å². The first-order chi connectivity index (χ1) is 8.21. The molecular weight excluding hydrogens is 210 g/mol. The number of β-lactam (4-membered cyclic amide) rings is 1. The van der Waals surface area contributed by atoms with E-state index in [1.165, 1.54) is 24.8 Å². The van der Waals surface area contributed by atoms with Crippen molar-refractivity contribution in [2.45, 2.75) is 39.0 Å². The Labute approximate surface area is 103 Å². The highest BCUT2D eigenvalue weighted by Gasteiger charge is 2.52. The summed E-state index contributed by atoms with van der Waals surface area (Å²) in [6.07, 6.45) is 5.98. The molecule has 90 valence electrons. The zero-order valence-corrected chi connectivity index (χ0v) is 10.4. The molecule has 2 heteroatoms. The molecule has 1 spiro atoms. The average molecular weight is 229 g/mol. The fourth-order valence-corrected chi connectivity index (χ4v) is 3.17. The summed E-state index contributed by atoms with van der Waals surface area (Å²) in [6.45, 7) is 3.01. The van der Waals surface area contributed by atoms with Crippen LogP contribution >= 0.6 is 0 Å². The van der Waals surface area contributed by atoms with Crippen LogP contribution in [-0.4, -0.2) is 12.5 Å². The van der Waals surface area contributed by atoms with Gasteiger partial charge in [-0.25, -0.2) is 0 Å². The summed E-state index contributed by atoms with van der Waals surface area (Å²) in [4.78, 5) is 14.3. The number of rotatable bonds is 1. The van der Waals surface area contributed by atoms with E-state index in [0.29, 0.717) is 5.91 Å². The Morgan fingerprint density at radius 1 is 1.06 bits per heavy atom. The molecule has 1 aromatic rings. The molecule has 1 amide bonds. The number of carbonyl (C=O) groups excluding carboxylic acids is 1. The predicted octanol–water partition coefficient (Wildman–Crippen LogP) is 3.29. The Hall–Kier alpha value is -1.31.